The number of aromatic amines is 1. The Morgan fingerprint density at radius 1 is 1.40 bits per heavy atom. The summed E-state index contributed by atoms with van der Waals surface area (Å²) in [4.78, 5) is 18.5. The molecule has 0 amide bonds. The lowest BCUT2D eigenvalue weighted by molar-refractivity contribution is 0.398. The monoisotopic (exact) mass is 306 g/mol. The van der Waals surface area contributed by atoms with Gasteiger partial charge in [-0.05, 0) is 61.7 Å². The Bertz CT molecular complexity index is 808. The minimum Gasteiger partial charge on any atom is -0.323 e. The van der Waals surface area contributed by atoms with Gasteiger partial charge in [-0.15, -0.1) is 11.3 Å². The molecular formula is C15H18N2OS2. The van der Waals surface area contributed by atoms with Crippen LogP contribution >= 0.6 is 23.6 Å². The second kappa shape index (κ2) is 4.28. The Morgan fingerprint density at radius 2 is 2.20 bits per heavy atom. The number of H-pyrrole nitrogens is 1. The van der Waals surface area contributed by atoms with Gasteiger partial charge in [-0.3, -0.25) is 9.36 Å². The first-order valence-corrected chi connectivity index (χ1v) is 8.63. The van der Waals surface area contributed by atoms with Crippen molar-refractivity contribution in [1.82, 2.24) is 9.55 Å². The predicted molar refractivity (Wildman–Crippen MR) is 85.3 cm³/mol. The van der Waals surface area contributed by atoms with Gasteiger partial charge in [0.25, 0.3) is 5.56 Å². The van der Waals surface area contributed by atoms with Crippen molar-refractivity contribution in [3.63, 3.8) is 0 Å². The third-order valence-corrected chi connectivity index (χ3v) is 6.58. The number of aromatic nitrogens is 2. The summed E-state index contributed by atoms with van der Waals surface area (Å²) < 4.78 is 2.42. The number of nitrogens with zero attached hydrogens (tertiary/aromatic N) is 1. The molecule has 2 heterocycles. The summed E-state index contributed by atoms with van der Waals surface area (Å²) in [6, 6.07) is 0. The standard InChI is InChI=1S/C15H18N2OS2/c1-2-15(6-7-15)8-17-13(18)11-9-4-3-5-10(9)20-12(11)16-14(17)19/h2-8H2,1H3,(H,16,19). The van der Waals surface area contributed by atoms with Crippen molar-refractivity contribution < 1.29 is 0 Å². The van der Waals surface area contributed by atoms with Crippen molar-refractivity contribution in [2.24, 2.45) is 5.41 Å². The minimum atomic E-state index is 0.142. The maximum absolute atomic E-state index is 12.9. The summed E-state index contributed by atoms with van der Waals surface area (Å²) in [5, 5.41) is 0.919. The van der Waals surface area contributed by atoms with Crippen LogP contribution in [0.15, 0.2) is 4.79 Å². The van der Waals surface area contributed by atoms with Gasteiger partial charge in [-0.1, -0.05) is 6.92 Å². The first-order valence-electron chi connectivity index (χ1n) is 7.41. The summed E-state index contributed by atoms with van der Waals surface area (Å²) in [7, 11) is 0. The molecule has 106 valence electrons. The molecule has 0 atom stereocenters. The summed E-state index contributed by atoms with van der Waals surface area (Å²) >= 11 is 7.16. The van der Waals surface area contributed by atoms with Crippen LogP contribution in [0.25, 0.3) is 10.2 Å². The summed E-state index contributed by atoms with van der Waals surface area (Å²) in [5.41, 5.74) is 1.76. The van der Waals surface area contributed by atoms with Crippen molar-refractivity contribution in [1.29, 1.82) is 0 Å². The van der Waals surface area contributed by atoms with E-state index in [0.29, 0.717) is 10.2 Å². The maximum Gasteiger partial charge on any atom is 0.263 e. The average molecular weight is 306 g/mol. The Hall–Kier alpha value is -0.940. The zero-order chi connectivity index (χ0) is 13.9. The molecule has 0 radical (unpaired) electrons. The van der Waals surface area contributed by atoms with Gasteiger partial charge in [0.15, 0.2) is 4.77 Å². The van der Waals surface area contributed by atoms with E-state index in [1.807, 2.05) is 4.57 Å². The van der Waals surface area contributed by atoms with E-state index < -0.39 is 0 Å². The lowest BCUT2D eigenvalue weighted by atomic mass is 10.0. The van der Waals surface area contributed by atoms with E-state index in [1.165, 1.54) is 29.7 Å². The van der Waals surface area contributed by atoms with Gasteiger partial charge >= 0.3 is 0 Å². The van der Waals surface area contributed by atoms with Crippen LogP contribution < -0.4 is 5.56 Å². The van der Waals surface area contributed by atoms with Gasteiger partial charge in [-0.25, -0.2) is 0 Å². The summed E-state index contributed by atoms with van der Waals surface area (Å²) in [6.07, 6.45) is 6.94. The number of thiophene rings is 1. The van der Waals surface area contributed by atoms with E-state index in [2.05, 4.69) is 11.9 Å². The van der Waals surface area contributed by atoms with Gasteiger partial charge in [0.05, 0.1) is 5.39 Å². The van der Waals surface area contributed by atoms with Crippen molar-refractivity contribution in [3.8, 4) is 0 Å². The molecule has 1 fully saturated rings. The minimum absolute atomic E-state index is 0.142. The summed E-state index contributed by atoms with van der Waals surface area (Å²) in [5.74, 6) is 0. The Balaban J connectivity index is 1.93. The molecule has 2 aliphatic rings. The van der Waals surface area contributed by atoms with Gasteiger partial charge < -0.3 is 4.98 Å². The van der Waals surface area contributed by atoms with E-state index in [4.69, 9.17) is 12.2 Å². The highest BCUT2D eigenvalue weighted by atomic mass is 32.1. The highest BCUT2D eigenvalue weighted by molar-refractivity contribution is 7.71. The second-order valence-corrected chi connectivity index (χ2v) is 7.73. The van der Waals surface area contributed by atoms with Gasteiger partial charge in [-0.2, -0.15) is 0 Å². The molecule has 4 rings (SSSR count). The lowest BCUT2D eigenvalue weighted by Gasteiger charge is -2.14. The molecule has 0 aliphatic heterocycles. The fourth-order valence-electron chi connectivity index (χ4n) is 3.39. The van der Waals surface area contributed by atoms with E-state index in [1.54, 1.807) is 11.3 Å². The molecule has 0 spiro atoms. The maximum atomic E-state index is 12.9. The third kappa shape index (κ3) is 1.76. The number of hydrogen-bond acceptors (Lipinski definition) is 3. The molecule has 1 N–H and O–H groups in total. The molecule has 3 nitrogen and oxygen atoms in total. The van der Waals surface area contributed by atoms with Crippen LogP contribution in [0, 0.1) is 10.2 Å². The van der Waals surface area contributed by atoms with Crippen LogP contribution in [-0.4, -0.2) is 9.55 Å². The number of rotatable bonds is 3. The molecular weight excluding hydrogens is 288 g/mol. The fraction of sp³-hybridized carbons (Fsp3) is 0.600. The molecule has 0 saturated heterocycles. The third-order valence-electron chi connectivity index (χ3n) is 5.05. The SMILES string of the molecule is CCC1(Cn2c(=S)[nH]c3sc4c(c3c2=O)CCC4)CC1. The Kier molecular flexibility index (Phi) is 2.73. The smallest absolute Gasteiger partial charge is 0.263 e. The fourth-order valence-corrected chi connectivity index (χ4v) is 4.98. The number of hydrogen-bond donors (Lipinski definition) is 1. The van der Waals surface area contributed by atoms with Gasteiger partial charge in [0.1, 0.15) is 4.83 Å². The van der Waals surface area contributed by atoms with Crippen LogP contribution in [0.3, 0.4) is 0 Å². The number of nitrogens with one attached hydrogen (secondary N) is 1. The van der Waals surface area contributed by atoms with Crippen LogP contribution in [0.4, 0.5) is 0 Å². The Morgan fingerprint density at radius 3 is 2.90 bits per heavy atom. The normalized spacial score (nSPS) is 19.4. The molecule has 5 heteroatoms. The first-order chi connectivity index (χ1) is 9.63. The highest BCUT2D eigenvalue weighted by Crippen LogP contribution is 2.49. The van der Waals surface area contributed by atoms with Crippen LogP contribution in [0.1, 0.15) is 43.0 Å². The number of fused-ring (bicyclic) bond motifs is 3. The molecule has 1 saturated carbocycles. The first kappa shape index (κ1) is 12.8. The quantitative estimate of drug-likeness (QED) is 0.876. The molecule has 0 unspecified atom stereocenters. The number of aryl methyl sites for hydroxylation is 2. The van der Waals surface area contributed by atoms with E-state index >= 15 is 0 Å². The van der Waals surface area contributed by atoms with Gasteiger partial charge in [0.2, 0.25) is 0 Å². The molecule has 20 heavy (non-hydrogen) atoms. The lowest BCUT2D eigenvalue weighted by Crippen LogP contribution is -2.26. The van der Waals surface area contributed by atoms with Crippen LogP contribution in [0.5, 0.6) is 0 Å². The summed E-state index contributed by atoms with van der Waals surface area (Å²) in [6.45, 7) is 3.00. The van der Waals surface area contributed by atoms with Crippen LogP contribution in [-0.2, 0) is 19.4 Å². The van der Waals surface area contributed by atoms with Gasteiger partial charge in [0, 0.05) is 11.4 Å². The van der Waals surface area contributed by atoms with Crippen molar-refractivity contribution in [2.45, 2.75) is 52.0 Å². The molecule has 2 aromatic heterocycles. The topological polar surface area (TPSA) is 37.8 Å². The van der Waals surface area contributed by atoms with E-state index in [9.17, 15) is 4.79 Å². The van der Waals surface area contributed by atoms with E-state index in [-0.39, 0.29) is 5.56 Å². The molecule has 2 aliphatic carbocycles. The van der Waals surface area contributed by atoms with E-state index in [0.717, 1.165) is 36.0 Å². The van der Waals surface area contributed by atoms with Crippen molar-refractivity contribution in [3.05, 3.63) is 25.6 Å². The molecule has 2 aromatic rings. The largest absolute Gasteiger partial charge is 0.323 e. The van der Waals surface area contributed by atoms with Crippen LogP contribution in [0.2, 0.25) is 0 Å². The Labute approximate surface area is 126 Å². The molecule has 0 aromatic carbocycles. The predicted octanol–water partition coefficient (Wildman–Crippen LogP) is 3.80. The average Bonchev–Trinajstić information content (AvgIpc) is 2.92. The zero-order valence-corrected chi connectivity index (χ0v) is 13.3. The highest BCUT2D eigenvalue weighted by Gasteiger charge is 2.41. The zero-order valence-electron chi connectivity index (χ0n) is 11.6. The second-order valence-electron chi connectivity index (χ2n) is 6.24. The molecule has 0 bridgehead atoms. The van der Waals surface area contributed by atoms with Crippen molar-refractivity contribution >= 4 is 33.8 Å². The van der Waals surface area contributed by atoms with Crippen molar-refractivity contribution in [2.75, 3.05) is 0 Å².